The maximum absolute atomic E-state index is 13.6. The van der Waals surface area contributed by atoms with E-state index in [9.17, 15) is 18.0 Å². The Labute approximate surface area is 187 Å². The number of nitrogens with zero attached hydrogens (tertiary/aromatic N) is 3. The summed E-state index contributed by atoms with van der Waals surface area (Å²) in [4.78, 5) is 17.4. The van der Waals surface area contributed by atoms with Gasteiger partial charge < -0.3 is 10.1 Å². The number of nitrogens with one attached hydrogen (secondary N) is 1. The summed E-state index contributed by atoms with van der Waals surface area (Å²) in [6.07, 6.45) is -1.54. The largest absolute Gasteiger partial charge is 0.495 e. The van der Waals surface area contributed by atoms with E-state index in [1.54, 1.807) is 13.1 Å². The molecule has 0 fully saturated rings. The number of methoxy groups -OCH3 is 1. The summed E-state index contributed by atoms with van der Waals surface area (Å²) >= 11 is 0. The molecule has 0 aliphatic heterocycles. The first kappa shape index (κ1) is 22.1. The smallest absolute Gasteiger partial charge is 0.417 e. The summed E-state index contributed by atoms with van der Waals surface area (Å²) in [6, 6.07) is 15.5. The van der Waals surface area contributed by atoms with Crippen molar-refractivity contribution in [3.8, 4) is 28.3 Å². The molecule has 0 unspecified atom stereocenters. The average Bonchev–Trinajstić information content (AvgIpc) is 3.24. The first-order valence-corrected chi connectivity index (χ1v) is 9.88. The SMILES string of the molecule is COc1cnc(-c2ccccc2)c(NC(=O)c2ccc(C(F)(F)F)c(-c3ccn(C)n3)c2)c1. The molecule has 0 atom stereocenters. The molecule has 9 heteroatoms. The Bertz CT molecular complexity index is 1300. The number of halogens is 3. The quantitative estimate of drug-likeness (QED) is 0.439. The third kappa shape index (κ3) is 4.72. The molecule has 0 radical (unpaired) electrons. The Morgan fingerprint density at radius 3 is 2.45 bits per heavy atom. The van der Waals surface area contributed by atoms with Crippen LogP contribution in [0.25, 0.3) is 22.5 Å². The van der Waals surface area contributed by atoms with Crippen molar-refractivity contribution in [2.24, 2.45) is 7.05 Å². The van der Waals surface area contributed by atoms with Crippen LogP contribution in [0.5, 0.6) is 5.75 Å². The van der Waals surface area contributed by atoms with E-state index in [0.717, 1.165) is 17.7 Å². The topological polar surface area (TPSA) is 69.0 Å². The number of carbonyl (C=O) groups excluding carboxylic acids is 1. The molecule has 0 bridgehead atoms. The predicted octanol–water partition coefficient (Wildman–Crippen LogP) is 5.43. The van der Waals surface area contributed by atoms with Crippen LogP contribution in [0.1, 0.15) is 15.9 Å². The standard InChI is InChI=1S/C24H19F3N4O2/c1-31-11-10-20(30-31)18-12-16(8-9-19(18)24(25,26)27)23(32)29-21-13-17(33-2)14-28-22(21)15-6-4-3-5-7-15/h3-14H,1-2H3,(H,29,32). The van der Waals surface area contributed by atoms with Gasteiger partial charge >= 0.3 is 6.18 Å². The Morgan fingerprint density at radius 2 is 1.82 bits per heavy atom. The molecule has 4 rings (SSSR count). The lowest BCUT2D eigenvalue weighted by Crippen LogP contribution is -2.15. The molecule has 33 heavy (non-hydrogen) atoms. The number of benzene rings is 2. The van der Waals surface area contributed by atoms with E-state index in [4.69, 9.17) is 4.74 Å². The van der Waals surface area contributed by atoms with E-state index in [1.165, 1.54) is 36.3 Å². The van der Waals surface area contributed by atoms with Gasteiger partial charge in [0.2, 0.25) is 0 Å². The van der Waals surface area contributed by atoms with Crippen LogP contribution in [0.2, 0.25) is 0 Å². The van der Waals surface area contributed by atoms with Crippen molar-refractivity contribution in [3.05, 3.63) is 84.2 Å². The molecule has 168 valence electrons. The molecule has 0 saturated carbocycles. The highest BCUT2D eigenvalue weighted by molar-refractivity contribution is 6.06. The van der Waals surface area contributed by atoms with Gasteiger partial charge in [-0.2, -0.15) is 18.3 Å². The molecule has 6 nitrogen and oxygen atoms in total. The Hall–Kier alpha value is -4.14. The molecule has 2 heterocycles. The number of pyridine rings is 1. The first-order valence-electron chi connectivity index (χ1n) is 9.88. The fourth-order valence-electron chi connectivity index (χ4n) is 3.38. The third-order valence-corrected chi connectivity index (χ3v) is 4.97. The summed E-state index contributed by atoms with van der Waals surface area (Å²) in [5, 5.41) is 6.83. The van der Waals surface area contributed by atoms with Crippen LogP contribution in [0, 0.1) is 0 Å². The van der Waals surface area contributed by atoms with E-state index in [-0.39, 0.29) is 16.8 Å². The second-order valence-electron chi connectivity index (χ2n) is 7.22. The van der Waals surface area contributed by atoms with Crippen LogP contribution in [0.15, 0.2) is 73.1 Å². The molecule has 0 aliphatic carbocycles. The Kier molecular flexibility index (Phi) is 5.87. The maximum atomic E-state index is 13.6. The monoisotopic (exact) mass is 452 g/mol. The number of aromatic nitrogens is 3. The predicted molar refractivity (Wildman–Crippen MR) is 118 cm³/mol. The highest BCUT2D eigenvalue weighted by Crippen LogP contribution is 2.37. The van der Waals surface area contributed by atoms with Gasteiger partial charge in [-0.1, -0.05) is 30.3 Å². The number of ether oxygens (including phenoxy) is 1. The van der Waals surface area contributed by atoms with Gasteiger partial charge in [-0.05, 0) is 24.3 Å². The van der Waals surface area contributed by atoms with Gasteiger partial charge in [-0.25, -0.2) is 0 Å². The van der Waals surface area contributed by atoms with Crippen LogP contribution >= 0.6 is 0 Å². The molecule has 2 aromatic carbocycles. The van der Waals surface area contributed by atoms with Gasteiger partial charge in [0, 0.05) is 36.0 Å². The highest BCUT2D eigenvalue weighted by atomic mass is 19.4. The first-order chi connectivity index (χ1) is 15.8. The minimum Gasteiger partial charge on any atom is -0.495 e. The van der Waals surface area contributed by atoms with Crippen LogP contribution in [-0.4, -0.2) is 27.8 Å². The van der Waals surface area contributed by atoms with Crippen molar-refractivity contribution in [2.75, 3.05) is 12.4 Å². The van der Waals surface area contributed by atoms with Gasteiger partial charge in [-0.3, -0.25) is 14.5 Å². The fraction of sp³-hybridized carbons (Fsp3) is 0.125. The van der Waals surface area contributed by atoms with Gasteiger partial charge in [0.1, 0.15) is 5.75 Å². The number of carbonyl (C=O) groups is 1. The zero-order valence-electron chi connectivity index (χ0n) is 17.7. The lowest BCUT2D eigenvalue weighted by molar-refractivity contribution is -0.137. The van der Waals surface area contributed by atoms with E-state index >= 15 is 0 Å². The van der Waals surface area contributed by atoms with Crippen LogP contribution in [0.3, 0.4) is 0 Å². The molecule has 1 N–H and O–H groups in total. The Balaban J connectivity index is 1.74. The Morgan fingerprint density at radius 1 is 1.06 bits per heavy atom. The lowest BCUT2D eigenvalue weighted by atomic mass is 10.00. The summed E-state index contributed by atoms with van der Waals surface area (Å²) in [5.41, 5.74) is 0.745. The number of hydrogen-bond acceptors (Lipinski definition) is 4. The zero-order valence-corrected chi connectivity index (χ0v) is 17.7. The normalized spacial score (nSPS) is 11.3. The number of anilines is 1. The van der Waals surface area contributed by atoms with Crippen molar-refractivity contribution in [1.82, 2.24) is 14.8 Å². The number of rotatable bonds is 5. The second-order valence-corrected chi connectivity index (χ2v) is 7.22. The van der Waals surface area contributed by atoms with E-state index in [0.29, 0.717) is 17.1 Å². The van der Waals surface area contributed by atoms with Crippen molar-refractivity contribution < 1.29 is 22.7 Å². The van der Waals surface area contributed by atoms with Crippen LogP contribution < -0.4 is 10.1 Å². The second kappa shape index (κ2) is 8.78. The lowest BCUT2D eigenvalue weighted by Gasteiger charge is -2.15. The number of alkyl halides is 3. The van der Waals surface area contributed by atoms with Crippen molar-refractivity contribution in [1.29, 1.82) is 0 Å². The van der Waals surface area contributed by atoms with E-state index < -0.39 is 17.6 Å². The average molecular weight is 452 g/mol. The molecular weight excluding hydrogens is 433 g/mol. The number of aryl methyl sites for hydroxylation is 1. The zero-order chi connectivity index (χ0) is 23.6. The molecule has 2 aromatic heterocycles. The van der Waals surface area contributed by atoms with Gasteiger partial charge in [0.15, 0.2) is 0 Å². The van der Waals surface area contributed by atoms with Crippen LogP contribution in [0.4, 0.5) is 18.9 Å². The van der Waals surface area contributed by atoms with Crippen molar-refractivity contribution in [3.63, 3.8) is 0 Å². The summed E-state index contributed by atoms with van der Waals surface area (Å²) in [6.45, 7) is 0. The molecule has 1 amide bonds. The minimum atomic E-state index is -4.60. The summed E-state index contributed by atoms with van der Waals surface area (Å²) < 4.78 is 47.4. The number of amides is 1. The number of hydrogen-bond donors (Lipinski definition) is 1. The van der Waals surface area contributed by atoms with E-state index in [2.05, 4.69) is 15.4 Å². The van der Waals surface area contributed by atoms with Gasteiger partial charge in [0.25, 0.3) is 5.91 Å². The third-order valence-electron chi connectivity index (χ3n) is 4.97. The highest BCUT2D eigenvalue weighted by Gasteiger charge is 2.34. The molecule has 0 spiro atoms. The molecule has 4 aromatic rings. The fourth-order valence-corrected chi connectivity index (χ4v) is 3.38. The van der Waals surface area contributed by atoms with Gasteiger partial charge in [0.05, 0.1) is 35.9 Å². The van der Waals surface area contributed by atoms with Crippen molar-refractivity contribution in [2.45, 2.75) is 6.18 Å². The van der Waals surface area contributed by atoms with E-state index in [1.807, 2.05) is 30.3 Å². The van der Waals surface area contributed by atoms with Crippen molar-refractivity contribution >= 4 is 11.6 Å². The minimum absolute atomic E-state index is 0.0467. The summed E-state index contributed by atoms with van der Waals surface area (Å²) in [7, 11) is 3.08. The van der Waals surface area contributed by atoms with Crippen LogP contribution in [-0.2, 0) is 13.2 Å². The molecule has 0 aliphatic rings. The van der Waals surface area contributed by atoms with Gasteiger partial charge in [-0.15, -0.1) is 0 Å². The molecular formula is C24H19F3N4O2. The molecule has 0 saturated heterocycles. The maximum Gasteiger partial charge on any atom is 0.417 e. The summed E-state index contributed by atoms with van der Waals surface area (Å²) in [5.74, 6) is -0.167.